The summed E-state index contributed by atoms with van der Waals surface area (Å²) in [5.41, 5.74) is 0.731. The van der Waals surface area contributed by atoms with Crippen LogP contribution in [0, 0.1) is 0 Å². The molecule has 1 fully saturated rings. The summed E-state index contributed by atoms with van der Waals surface area (Å²) in [5, 5.41) is 69.2. The Kier molecular flexibility index (Phi) is 5.65. The molecule has 2 heterocycles. The van der Waals surface area contributed by atoms with Gasteiger partial charge in [-0.1, -0.05) is 0 Å². The van der Waals surface area contributed by atoms with Crippen LogP contribution in [0.1, 0.15) is 5.56 Å². The maximum atomic E-state index is 10.3. The van der Waals surface area contributed by atoms with E-state index in [9.17, 15) is 35.7 Å². The first-order chi connectivity index (χ1) is 14.8. The van der Waals surface area contributed by atoms with Crippen molar-refractivity contribution in [2.24, 2.45) is 0 Å². The van der Waals surface area contributed by atoms with Crippen molar-refractivity contribution in [2.45, 2.75) is 36.8 Å². The third-order valence-electron chi connectivity index (χ3n) is 5.19. The Bertz CT molecular complexity index is 959. The van der Waals surface area contributed by atoms with Crippen LogP contribution in [0.4, 0.5) is 0 Å². The van der Waals surface area contributed by atoms with Crippen LogP contribution in [0.25, 0.3) is 5.76 Å². The quantitative estimate of drug-likeness (QED) is 0.345. The van der Waals surface area contributed by atoms with Gasteiger partial charge in [0.2, 0.25) is 6.29 Å². The lowest BCUT2D eigenvalue weighted by atomic mass is 9.97. The van der Waals surface area contributed by atoms with E-state index in [1.54, 1.807) is 12.1 Å². The summed E-state index contributed by atoms with van der Waals surface area (Å²) in [7, 11) is 0. The molecule has 0 spiro atoms. The van der Waals surface area contributed by atoms with Crippen molar-refractivity contribution in [1.29, 1.82) is 0 Å². The number of allylic oxidation sites excluding steroid dienone is 2. The number of rotatable bonds is 4. The molecule has 0 amide bonds. The molecule has 0 aromatic heterocycles. The Labute approximate surface area is 176 Å². The predicted molar refractivity (Wildman–Crippen MR) is 104 cm³/mol. The number of aliphatic hydroxyl groups is 6. The van der Waals surface area contributed by atoms with Crippen molar-refractivity contribution < 1.29 is 50.0 Å². The van der Waals surface area contributed by atoms with Crippen molar-refractivity contribution in [2.75, 3.05) is 6.61 Å². The Morgan fingerprint density at radius 2 is 1.61 bits per heavy atom. The lowest BCUT2D eigenvalue weighted by Gasteiger charge is -2.40. The molecule has 1 saturated heterocycles. The van der Waals surface area contributed by atoms with Gasteiger partial charge in [-0.15, -0.1) is 0 Å². The molecule has 1 aliphatic carbocycles. The lowest BCUT2D eigenvalue weighted by molar-refractivity contribution is -0.290. The van der Waals surface area contributed by atoms with Gasteiger partial charge in [-0.2, -0.15) is 0 Å². The summed E-state index contributed by atoms with van der Waals surface area (Å²) in [4.78, 5) is 0. The number of phenols is 1. The summed E-state index contributed by atoms with van der Waals surface area (Å²) in [6, 6.07) is 5.92. The highest BCUT2D eigenvalue weighted by Crippen LogP contribution is 2.38. The van der Waals surface area contributed by atoms with Crippen LogP contribution in [0.5, 0.6) is 5.75 Å². The minimum atomic E-state index is -1.65. The van der Waals surface area contributed by atoms with Crippen LogP contribution < -0.4 is 0 Å². The van der Waals surface area contributed by atoms with E-state index in [0.29, 0.717) is 5.56 Å². The fourth-order valence-electron chi connectivity index (χ4n) is 3.51. The number of aliphatic hydroxyl groups excluding tert-OH is 6. The largest absolute Gasteiger partial charge is 0.508 e. The van der Waals surface area contributed by atoms with Crippen molar-refractivity contribution in [3.05, 3.63) is 70.9 Å². The lowest BCUT2D eigenvalue weighted by Crippen LogP contribution is -2.59. The molecule has 1 aromatic rings. The number of hydrogen-bond acceptors (Lipinski definition) is 10. The number of hydrogen-bond donors (Lipinski definition) is 7. The fourth-order valence-corrected chi connectivity index (χ4v) is 3.51. The number of ether oxygens (including phenoxy) is 3. The molecule has 166 valence electrons. The van der Waals surface area contributed by atoms with Gasteiger partial charge in [0, 0.05) is 23.3 Å². The van der Waals surface area contributed by atoms with Crippen molar-refractivity contribution >= 4 is 5.76 Å². The van der Waals surface area contributed by atoms with Gasteiger partial charge < -0.3 is 50.0 Å². The Morgan fingerprint density at radius 3 is 2.29 bits per heavy atom. The van der Waals surface area contributed by atoms with E-state index in [1.165, 1.54) is 24.3 Å². The first-order valence-electron chi connectivity index (χ1n) is 9.49. The van der Waals surface area contributed by atoms with Crippen molar-refractivity contribution in [1.82, 2.24) is 0 Å². The number of phenolic OH excluding ortho intramolecular Hbond substituents is 1. The molecule has 0 radical (unpaired) electrons. The second kappa shape index (κ2) is 8.25. The van der Waals surface area contributed by atoms with E-state index in [0.717, 1.165) is 6.08 Å². The van der Waals surface area contributed by atoms with Crippen molar-refractivity contribution in [3.63, 3.8) is 0 Å². The molecular weight excluding hydrogens is 412 g/mol. The van der Waals surface area contributed by atoms with Gasteiger partial charge in [-0.25, -0.2) is 0 Å². The summed E-state index contributed by atoms with van der Waals surface area (Å²) < 4.78 is 17.1. The summed E-state index contributed by atoms with van der Waals surface area (Å²) in [5.74, 6) is -0.281. The molecule has 0 saturated carbocycles. The van der Waals surface area contributed by atoms with E-state index < -0.39 is 43.4 Å². The molecular formula is C21H22O10. The first kappa shape index (κ1) is 21.2. The molecule has 4 rings (SSSR count). The van der Waals surface area contributed by atoms with Crippen LogP contribution >= 0.6 is 0 Å². The van der Waals surface area contributed by atoms with Gasteiger partial charge in [0.1, 0.15) is 47.8 Å². The zero-order chi connectivity index (χ0) is 22.3. The molecule has 1 unspecified atom stereocenters. The average Bonchev–Trinajstić information content (AvgIpc) is 2.74. The van der Waals surface area contributed by atoms with E-state index in [4.69, 9.17) is 14.2 Å². The first-order valence-corrected chi connectivity index (χ1v) is 9.49. The minimum Gasteiger partial charge on any atom is -0.508 e. The molecule has 7 N–H and O–H groups in total. The maximum Gasteiger partial charge on any atom is 0.229 e. The standard InChI is InChI=1S/C21H22O10/c22-8-16-17(26)18(27)19(28)21(31-16)30-15-7-12-13(25)5-11(24)6-14(12)29-20(15)9-1-3-10(23)4-2-9/h1-7,14,16-19,21-28H,8H2/t14?,16-,17+,18-,19-,21-/m1/s1. The molecule has 31 heavy (non-hydrogen) atoms. The van der Waals surface area contributed by atoms with Gasteiger partial charge in [0.15, 0.2) is 11.5 Å². The highest BCUT2D eigenvalue weighted by Gasteiger charge is 2.45. The molecule has 3 aliphatic rings. The van der Waals surface area contributed by atoms with Crippen LogP contribution in [-0.4, -0.2) is 79.2 Å². The molecule has 10 nitrogen and oxygen atoms in total. The van der Waals surface area contributed by atoms with Gasteiger partial charge in [-0.05, 0) is 30.3 Å². The summed E-state index contributed by atoms with van der Waals surface area (Å²) in [6.07, 6.45) is -4.40. The highest BCUT2D eigenvalue weighted by molar-refractivity contribution is 5.68. The van der Waals surface area contributed by atoms with E-state index in [2.05, 4.69) is 0 Å². The molecule has 0 bridgehead atoms. The molecule has 6 atom stereocenters. The van der Waals surface area contributed by atoms with E-state index in [1.807, 2.05) is 0 Å². The van der Waals surface area contributed by atoms with Crippen LogP contribution in [-0.2, 0) is 14.2 Å². The average molecular weight is 434 g/mol. The summed E-state index contributed by atoms with van der Waals surface area (Å²) >= 11 is 0. The van der Waals surface area contributed by atoms with Gasteiger partial charge in [-0.3, -0.25) is 0 Å². The highest BCUT2D eigenvalue weighted by atomic mass is 16.7. The van der Waals surface area contributed by atoms with Gasteiger partial charge in [0.05, 0.1) is 6.61 Å². The van der Waals surface area contributed by atoms with Crippen LogP contribution in [0.15, 0.2) is 65.3 Å². The Balaban J connectivity index is 1.73. The van der Waals surface area contributed by atoms with Gasteiger partial charge in [0.25, 0.3) is 0 Å². The SMILES string of the molecule is OC[C@H]1O[C@@H](OC2=C(c3ccc(O)cc3)OC3C=C(O)C=C(O)C3=C2)[C@H](O)[C@H](O)[C@H]1O. The minimum absolute atomic E-state index is 0.0102. The number of aromatic hydroxyl groups is 1. The Morgan fingerprint density at radius 1 is 0.903 bits per heavy atom. The third kappa shape index (κ3) is 3.99. The van der Waals surface area contributed by atoms with Crippen molar-refractivity contribution in [3.8, 4) is 5.75 Å². The smallest absolute Gasteiger partial charge is 0.229 e. The molecule has 1 aromatic carbocycles. The monoisotopic (exact) mass is 434 g/mol. The second-order valence-electron chi connectivity index (χ2n) is 7.31. The maximum absolute atomic E-state index is 10.3. The van der Waals surface area contributed by atoms with Crippen LogP contribution in [0.3, 0.4) is 0 Å². The topological polar surface area (TPSA) is 169 Å². The predicted octanol–water partition coefficient (Wildman–Crippen LogP) is 0.0999. The number of fused-ring (bicyclic) bond motifs is 1. The summed E-state index contributed by atoms with van der Waals surface area (Å²) in [6.45, 7) is -0.623. The zero-order valence-electron chi connectivity index (χ0n) is 16.1. The fraction of sp³-hybridized carbons (Fsp3) is 0.333. The third-order valence-corrected chi connectivity index (χ3v) is 5.19. The normalized spacial score (nSPS) is 33.0. The van der Waals surface area contributed by atoms with E-state index >= 15 is 0 Å². The molecule has 10 heteroatoms. The van der Waals surface area contributed by atoms with Crippen LogP contribution in [0.2, 0.25) is 0 Å². The Hall–Kier alpha value is -3.02. The molecule has 2 aliphatic heterocycles. The second-order valence-corrected chi connectivity index (χ2v) is 7.31. The van der Waals surface area contributed by atoms with E-state index in [-0.39, 0.29) is 34.4 Å². The zero-order valence-corrected chi connectivity index (χ0v) is 16.1. The van der Waals surface area contributed by atoms with Gasteiger partial charge >= 0.3 is 0 Å². The number of benzene rings is 1.